The molecule has 0 bridgehead atoms. The van der Waals surface area contributed by atoms with Gasteiger partial charge in [0.15, 0.2) is 5.76 Å². The van der Waals surface area contributed by atoms with Gasteiger partial charge in [-0.1, -0.05) is 63.1 Å². The van der Waals surface area contributed by atoms with Gasteiger partial charge in [0.2, 0.25) is 5.78 Å². The number of fused-ring (bicyclic) bond motifs is 1. The number of ketones is 1. The molecular weight excluding hydrogens is 544 g/mol. The van der Waals surface area contributed by atoms with Gasteiger partial charge in [-0.05, 0) is 43.3 Å². The van der Waals surface area contributed by atoms with E-state index in [0.29, 0.717) is 16.8 Å². The number of nitrogens with zero attached hydrogens (tertiary/aromatic N) is 4. The van der Waals surface area contributed by atoms with Crippen LogP contribution in [0.2, 0.25) is 0 Å². The maximum atomic E-state index is 13.1. The molecule has 0 aliphatic heterocycles. The fourth-order valence-electron chi connectivity index (χ4n) is 3.59. The van der Waals surface area contributed by atoms with Gasteiger partial charge in [-0.2, -0.15) is 8.42 Å². The summed E-state index contributed by atoms with van der Waals surface area (Å²) in [4.78, 5) is 17.9. The van der Waals surface area contributed by atoms with E-state index < -0.39 is 10.0 Å². The number of allylic oxidation sites excluding steroid dienone is 2. The van der Waals surface area contributed by atoms with Crippen molar-refractivity contribution in [2.24, 2.45) is 4.99 Å². The molecule has 1 aliphatic rings. The summed E-state index contributed by atoms with van der Waals surface area (Å²) in [5, 5.41) is 7.66. The number of aliphatic imine (C=N–C) groups is 1. The molecule has 3 aromatic carbocycles. The Labute approximate surface area is 216 Å². The smallest absolute Gasteiger partial charge is 0.284 e. The van der Waals surface area contributed by atoms with Gasteiger partial charge < -0.3 is 4.74 Å². The van der Waals surface area contributed by atoms with Crippen LogP contribution < -0.4 is 0 Å². The number of rotatable bonds is 6. The molecule has 36 heavy (non-hydrogen) atoms. The normalized spacial score (nSPS) is 14.4. The van der Waals surface area contributed by atoms with Crippen LogP contribution in [0.4, 0.5) is 5.69 Å². The van der Waals surface area contributed by atoms with Crippen LogP contribution in [0.25, 0.3) is 0 Å². The molecule has 180 valence electrons. The summed E-state index contributed by atoms with van der Waals surface area (Å²) < 4.78 is 33.2. The van der Waals surface area contributed by atoms with Crippen molar-refractivity contribution in [3.63, 3.8) is 0 Å². The number of ether oxygens (including phenoxy) is 1. The Morgan fingerprint density at radius 1 is 0.972 bits per heavy atom. The zero-order valence-electron chi connectivity index (χ0n) is 19.0. The number of hydrogen-bond acceptors (Lipinski definition) is 7. The quantitative estimate of drug-likeness (QED) is 0.327. The van der Waals surface area contributed by atoms with E-state index in [1.54, 1.807) is 30.3 Å². The average molecular weight is 563 g/mol. The number of carbonyl (C=O) groups excluding carboxylic acids is 1. The molecule has 4 aromatic rings. The largest absolute Gasteiger partial charge is 0.483 e. The fraction of sp³-hybridized carbons (Fsp3) is 0.0769. The first kappa shape index (κ1) is 23.8. The average Bonchev–Trinajstić information content (AvgIpc) is 3.37. The fourth-order valence-corrected chi connectivity index (χ4v) is 4.95. The minimum Gasteiger partial charge on any atom is -0.483 e. The first-order valence-electron chi connectivity index (χ1n) is 10.9. The van der Waals surface area contributed by atoms with Gasteiger partial charge in [0.25, 0.3) is 10.0 Å². The van der Waals surface area contributed by atoms with Crippen molar-refractivity contribution < 1.29 is 17.9 Å². The molecule has 0 unspecified atom stereocenters. The molecule has 5 rings (SSSR count). The van der Waals surface area contributed by atoms with Crippen LogP contribution in [0.1, 0.15) is 27.2 Å². The highest BCUT2D eigenvalue weighted by molar-refractivity contribution is 9.10. The van der Waals surface area contributed by atoms with Gasteiger partial charge in [-0.3, -0.25) is 4.79 Å². The predicted octanol–water partition coefficient (Wildman–Crippen LogP) is 5.00. The Kier molecular flexibility index (Phi) is 6.38. The second kappa shape index (κ2) is 9.63. The number of carbonyl (C=O) groups is 1. The second-order valence-electron chi connectivity index (χ2n) is 8.05. The number of benzene rings is 3. The Morgan fingerprint density at radius 3 is 2.39 bits per heavy atom. The van der Waals surface area contributed by atoms with Crippen molar-refractivity contribution in [2.75, 3.05) is 0 Å². The maximum absolute atomic E-state index is 13.1. The molecular formula is C26H19BrN4O4S. The summed E-state index contributed by atoms with van der Waals surface area (Å²) >= 11 is 3.41. The first-order chi connectivity index (χ1) is 17.3. The number of aromatic nitrogens is 3. The second-order valence-corrected chi connectivity index (χ2v) is 10.8. The SMILES string of the molecule is Cc1ccc(S(=O)(=O)n2cc(COC3=CC(=Nc4ccc(Br)cc4)c4ccccc4C3=O)nn2)cc1. The third kappa shape index (κ3) is 4.77. The maximum Gasteiger partial charge on any atom is 0.284 e. The van der Waals surface area contributed by atoms with E-state index in [2.05, 4.69) is 26.2 Å². The van der Waals surface area contributed by atoms with Crippen molar-refractivity contribution in [3.05, 3.63) is 118 Å². The van der Waals surface area contributed by atoms with E-state index in [-0.39, 0.29) is 28.7 Å². The molecule has 0 atom stereocenters. The number of Topliss-reactive ketones (excluding diaryl/α,β-unsaturated/α-hetero) is 1. The van der Waals surface area contributed by atoms with Crippen molar-refractivity contribution in [2.45, 2.75) is 18.4 Å². The Morgan fingerprint density at radius 2 is 1.67 bits per heavy atom. The molecule has 0 fully saturated rings. The Bertz CT molecular complexity index is 1620. The van der Waals surface area contributed by atoms with E-state index in [1.807, 2.05) is 43.3 Å². The molecule has 0 amide bonds. The third-order valence-corrected chi connectivity index (χ3v) is 7.54. The summed E-state index contributed by atoms with van der Waals surface area (Å²) in [5.74, 6) is -0.208. The van der Waals surface area contributed by atoms with E-state index >= 15 is 0 Å². The van der Waals surface area contributed by atoms with Crippen LogP contribution in [0, 0.1) is 6.92 Å². The van der Waals surface area contributed by atoms with Crippen LogP contribution in [0.3, 0.4) is 0 Å². The molecule has 0 spiro atoms. The van der Waals surface area contributed by atoms with Crippen molar-refractivity contribution in [1.82, 2.24) is 14.4 Å². The van der Waals surface area contributed by atoms with Gasteiger partial charge in [-0.15, -0.1) is 9.19 Å². The van der Waals surface area contributed by atoms with E-state index in [4.69, 9.17) is 9.73 Å². The minimum atomic E-state index is -3.89. The lowest BCUT2D eigenvalue weighted by Gasteiger charge is -2.17. The van der Waals surface area contributed by atoms with Gasteiger partial charge in [0, 0.05) is 21.7 Å². The zero-order chi connectivity index (χ0) is 25.3. The van der Waals surface area contributed by atoms with Crippen LogP contribution in [-0.4, -0.2) is 34.3 Å². The third-order valence-electron chi connectivity index (χ3n) is 5.48. The lowest BCUT2D eigenvalue weighted by atomic mass is 9.93. The van der Waals surface area contributed by atoms with Crippen LogP contribution in [-0.2, 0) is 21.4 Å². The number of aryl methyl sites for hydroxylation is 1. The molecule has 0 N–H and O–H groups in total. The molecule has 0 saturated heterocycles. The summed E-state index contributed by atoms with van der Waals surface area (Å²) in [7, 11) is -3.89. The van der Waals surface area contributed by atoms with Crippen molar-refractivity contribution in [1.29, 1.82) is 0 Å². The summed E-state index contributed by atoms with van der Waals surface area (Å²) in [6.07, 6.45) is 2.86. The minimum absolute atomic E-state index is 0.0838. The number of hydrogen-bond donors (Lipinski definition) is 0. The summed E-state index contributed by atoms with van der Waals surface area (Å²) in [5.41, 5.74) is 3.66. The van der Waals surface area contributed by atoms with Crippen LogP contribution >= 0.6 is 15.9 Å². The van der Waals surface area contributed by atoms with Crippen LogP contribution in [0.5, 0.6) is 0 Å². The molecule has 8 nitrogen and oxygen atoms in total. The standard InChI is InChI=1S/C26H19BrN4O4S/c1-17-6-12-21(13-7-17)36(33,34)31-15-20(29-30-31)16-35-25-14-24(28-19-10-8-18(27)9-11-19)22-4-2-3-5-23(22)26(25)32/h2-15H,16H2,1H3. The lowest BCUT2D eigenvalue weighted by molar-refractivity contribution is 0.0900. The highest BCUT2D eigenvalue weighted by Crippen LogP contribution is 2.26. The monoisotopic (exact) mass is 562 g/mol. The Hall–Kier alpha value is -3.89. The summed E-state index contributed by atoms with van der Waals surface area (Å²) in [6.45, 7) is 1.73. The van der Waals surface area contributed by atoms with E-state index in [0.717, 1.165) is 19.8 Å². The molecule has 1 aliphatic carbocycles. The summed E-state index contributed by atoms with van der Waals surface area (Å²) in [6, 6.07) is 21.1. The molecule has 1 heterocycles. The molecule has 0 saturated carbocycles. The van der Waals surface area contributed by atoms with Gasteiger partial charge >= 0.3 is 0 Å². The van der Waals surface area contributed by atoms with Crippen molar-refractivity contribution in [3.8, 4) is 0 Å². The predicted molar refractivity (Wildman–Crippen MR) is 138 cm³/mol. The van der Waals surface area contributed by atoms with E-state index in [9.17, 15) is 13.2 Å². The Balaban J connectivity index is 1.40. The van der Waals surface area contributed by atoms with Gasteiger partial charge in [0.1, 0.15) is 12.3 Å². The lowest BCUT2D eigenvalue weighted by Crippen LogP contribution is -2.19. The number of halogens is 1. The topological polar surface area (TPSA) is 104 Å². The van der Waals surface area contributed by atoms with Gasteiger partial charge in [-0.25, -0.2) is 4.99 Å². The molecule has 0 radical (unpaired) electrons. The highest BCUT2D eigenvalue weighted by atomic mass is 79.9. The van der Waals surface area contributed by atoms with Crippen LogP contribution in [0.15, 0.2) is 105 Å². The van der Waals surface area contributed by atoms with E-state index in [1.165, 1.54) is 18.3 Å². The zero-order valence-corrected chi connectivity index (χ0v) is 21.4. The first-order valence-corrected chi connectivity index (χ1v) is 13.1. The molecule has 1 aromatic heterocycles. The molecule has 10 heteroatoms. The van der Waals surface area contributed by atoms with Gasteiger partial charge in [0.05, 0.1) is 22.5 Å². The highest BCUT2D eigenvalue weighted by Gasteiger charge is 2.26. The van der Waals surface area contributed by atoms with Crippen molar-refractivity contribution >= 4 is 43.1 Å².